The molecule has 0 saturated carbocycles. The number of allylic oxidation sites excluding steroid dienone is 1. The number of hydrogen-bond acceptors (Lipinski definition) is 4. The predicted octanol–water partition coefficient (Wildman–Crippen LogP) is 2.78. The van der Waals surface area contributed by atoms with Gasteiger partial charge in [0.25, 0.3) is 0 Å². The van der Waals surface area contributed by atoms with Crippen LogP contribution < -0.4 is 0 Å². The van der Waals surface area contributed by atoms with Crippen LogP contribution in [0, 0.1) is 0 Å². The number of rotatable bonds is 7. The molecular formula is C14H22O4. The average molecular weight is 254 g/mol. The van der Waals surface area contributed by atoms with E-state index in [1.54, 1.807) is 0 Å². The molecule has 0 spiro atoms. The van der Waals surface area contributed by atoms with Gasteiger partial charge in [0, 0.05) is 13.8 Å². The molecule has 0 aromatic carbocycles. The van der Waals surface area contributed by atoms with E-state index in [1.807, 2.05) is 19.9 Å². The molecule has 102 valence electrons. The SMILES string of the molecule is C=C(C)CCC(/C=C(\C)COC(C)=O)OC(C)=O. The zero-order valence-electron chi connectivity index (χ0n) is 11.6. The first-order valence-corrected chi connectivity index (χ1v) is 5.93. The number of esters is 2. The Morgan fingerprint density at radius 2 is 1.78 bits per heavy atom. The molecule has 18 heavy (non-hydrogen) atoms. The Morgan fingerprint density at radius 1 is 1.17 bits per heavy atom. The van der Waals surface area contributed by atoms with E-state index in [1.165, 1.54) is 13.8 Å². The number of ether oxygens (including phenoxy) is 2. The lowest BCUT2D eigenvalue weighted by Crippen LogP contribution is -2.15. The zero-order chi connectivity index (χ0) is 14.1. The summed E-state index contributed by atoms with van der Waals surface area (Å²) in [5.41, 5.74) is 1.90. The van der Waals surface area contributed by atoms with E-state index < -0.39 is 0 Å². The quantitative estimate of drug-likeness (QED) is 0.518. The summed E-state index contributed by atoms with van der Waals surface area (Å²) in [5, 5.41) is 0. The van der Waals surface area contributed by atoms with Gasteiger partial charge in [-0.25, -0.2) is 0 Å². The van der Waals surface area contributed by atoms with Crippen molar-refractivity contribution in [3.8, 4) is 0 Å². The Bertz CT molecular complexity index is 342. The number of hydrogen-bond donors (Lipinski definition) is 0. The Morgan fingerprint density at radius 3 is 2.22 bits per heavy atom. The molecule has 0 aliphatic carbocycles. The van der Waals surface area contributed by atoms with Crippen LogP contribution in [0.25, 0.3) is 0 Å². The van der Waals surface area contributed by atoms with Crippen molar-refractivity contribution in [1.82, 2.24) is 0 Å². The lowest BCUT2D eigenvalue weighted by molar-refractivity contribution is -0.144. The Kier molecular flexibility index (Phi) is 7.76. The molecule has 0 aromatic rings. The normalized spacial score (nSPS) is 12.8. The molecule has 0 aliphatic heterocycles. The number of carbonyl (C=O) groups is 2. The maximum atomic E-state index is 11.0. The first kappa shape index (κ1) is 16.4. The highest BCUT2D eigenvalue weighted by molar-refractivity contribution is 5.66. The molecule has 1 atom stereocenters. The summed E-state index contributed by atoms with van der Waals surface area (Å²) < 4.78 is 10.1. The van der Waals surface area contributed by atoms with Crippen molar-refractivity contribution >= 4 is 11.9 Å². The van der Waals surface area contributed by atoms with Crippen molar-refractivity contribution in [2.24, 2.45) is 0 Å². The Labute approximate surface area is 109 Å². The highest BCUT2D eigenvalue weighted by atomic mass is 16.5. The molecule has 0 heterocycles. The van der Waals surface area contributed by atoms with Crippen molar-refractivity contribution in [2.45, 2.75) is 46.6 Å². The summed E-state index contributed by atoms with van der Waals surface area (Å²) in [4.78, 5) is 21.7. The largest absolute Gasteiger partial charge is 0.461 e. The van der Waals surface area contributed by atoms with E-state index in [2.05, 4.69) is 6.58 Å². The van der Waals surface area contributed by atoms with Crippen LogP contribution >= 0.6 is 0 Å². The van der Waals surface area contributed by atoms with Gasteiger partial charge in [-0.2, -0.15) is 0 Å². The van der Waals surface area contributed by atoms with Crippen LogP contribution in [0.1, 0.15) is 40.5 Å². The third-order valence-electron chi connectivity index (χ3n) is 2.15. The van der Waals surface area contributed by atoms with Crippen molar-refractivity contribution in [1.29, 1.82) is 0 Å². The maximum absolute atomic E-state index is 11.0. The molecule has 4 heteroatoms. The molecule has 0 bridgehead atoms. The average Bonchev–Trinajstić information content (AvgIpc) is 2.22. The van der Waals surface area contributed by atoms with Crippen molar-refractivity contribution in [3.63, 3.8) is 0 Å². The second-order valence-electron chi connectivity index (χ2n) is 4.44. The van der Waals surface area contributed by atoms with Crippen molar-refractivity contribution in [2.75, 3.05) is 6.61 Å². The van der Waals surface area contributed by atoms with Crippen LogP contribution in [0.2, 0.25) is 0 Å². The second kappa shape index (κ2) is 8.50. The van der Waals surface area contributed by atoms with E-state index in [-0.39, 0.29) is 24.6 Å². The van der Waals surface area contributed by atoms with Gasteiger partial charge in [0.05, 0.1) is 0 Å². The van der Waals surface area contributed by atoms with E-state index in [4.69, 9.17) is 9.47 Å². The fourth-order valence-electron chi connectivity index (χ4n) is 1.36. The molecule has 0 saturated heterocycles. The maximum Gasteiger partial charge on any atom is 0.303 e. The predicted molar refractivity (Wildman–Crippen MR) is 70.0 cm³/mol. The van der Waals surface area contributed by atoms with Gasteiger partial charge >= 0.3 is 11.9 Å². The summed E-state index contributed by atoms with van der Waals surface area (Å²) in [6.45, 7) is 10.5. The first-order valence-electron chi connectivity index (χ1n) is 5.93. The Balaban J connectivity index is 4.43. The molecule has 0 radical (unpaired) electrons. The molecule has 0 N–H and O–H groups in total. The first-order chi connectivity index (χ1) is 8.31. The lowest BCUT2D eigenvalue weighted by Gasteiger charge is -2.14. The summed E-state index contributed by atoms with van der Waals surface area (Å²) >= 11 is 0. The van der Waals surface area contributed by atoms with E-state index in [9.17, 15) is 9.59 Å². The fourth-order valence-corrected chi connectivity index (χ4v) is 1.36. The van der Waals surface area contributed by atoms with E-state index >= 15 is 0 Å². The van der Waals surface area contributed by atoms with Crippen molar-refractivity contribution in [3.05, 3.63) is 23.8 Å². The van der Waals surface area contributed by atoms with Crippen LogP contribution in [0.3, 0.4) is 0 Å². The van der Waals surface area contributed by atoms with Crippen LogP contribution in [0.15, 0.2) is 23.8 Å². The molecule has 4 nitrogen and oxygen atoms in total. The van der Waals surface area contributed by atoms with Crippen molar-refractivity contribution < 1.29 is 19.1 Å². The molecule has 1 unspecified atom stereocenters. The standard InChI is InChI=1S/C14H22O4/c1-10(2)6-7-14(18-13(5)16)8-11(3)9-17-12(4)15/h8,14H,1,6-7,9H2,2-5H3/b11-8+. The monoisotopic (exact) mass is 254 g/mol. The zero-order valence-corrected chi connectivity index (χ0v) is 11.6. The number of carbonyl (C=O) groups excluding carboxylic acids is 2. The molecular weight excluding hydrogens is 232 g/mol. The summed E-state index contributed by atoms with van der Waals surface area (Å²) in [6, 6.07) is 0. The van der Waals surface area contributed by atoms with Gasteiger partial charge in [0.2, 0.25) is 0 Å². The van der Waals surface area contributed by atoms with Crippen LogP contribution in [-0.4, -0.2) is 24.6 Å². The van der Waals surface area contributed by atoms with Crippen LogP contribution in [0.5, 0.6) is 0 Å². The molecule has 0 rings (SSSR count). The van der Waals surface area contributed by atoms with Crippen LogP contribution in [0.4, 0.5) is 0 Å². The van der Waals surface area contributed by atoms with Gasteiger partial charge in [-0.3, -0.25) is 9.59 Å². The highest BCUT2D eigenvalue weighted by Crippen LogP contribution is 2.12. The lowest BCUT2D eigenvalue weighted by atomic mass is 10.1. The summed E-state index contributed by atoms with van der Waals surface area (Å²) in [7, 11) is 0. The summed E-state index contributed by atoms with van der Waals surface area (Å²) in [5.74, 6) is -0.646. The minimum atomic E-state index is -0.325. The molecule has 0 aliphatic rings. The summed E-state index contributed by atoms with van der Waals surface area (Å²) in [6.07, 6.45) is 2.99. The van der Waals surface area contributed by atoms with Gasteiger partial charge in [0.1, 0.15) is 12.7 Å². The smallest absolute Gasteiger partial charge is 0.303 e. The highest BCUT2D eigenvalue weighted by Gasteiger charge is 2.10. The van der Waals surface area contributed by atoms with E-state index in [0.717, 1.165) is 17.6 Å². The Hall–Kier alpha value is -1.58. The fraction of sp³-hybridized carbons (Fsp3) is 0.571. The second-order valence-corrected chi connectivity index (χ2v) is 4.44. The molecule has 0 fully saturated rings. The van der Waals surface area contributed by atoms with Gasteiger partial charge in [-0.15, -0.1) is 6.58 Å². The van der Waals surface area contributed by atoms with Crippen LogP contribution in [-0.2, 0) is 19.1 Å². The topological polar surface area (TPSA) is 52.6 Å². The van der Waals surface area contributed by atoms with Gasteiger partial charge in [-0.1, -0.05) is 5.57 Å². The third-order valence-corrected chi connectivity index (χ3v) is 2.15. The molecule has 0 aromatic heterocycles. The van der Waals surface area contributed by atoms with E-state index in [0.29, 0.717) is 6.42 Å². The van der Waals surface area contributed by atoms with Gasteiger partial charge in [-0.05, 0) is 38.3 Å². The minimum Gasteiger partial charge on any atom is -0.461 e. The van der Waals surface area contributed by atoms with Gasteiger partial charge in [0.15, 0.2) is 0 Å². The van der Waals surface area contributed by atoms with Gasteiger partial charge < -0.3 is 9.47 Å². The third kappa shape index (κ3) is 9.63. The molecule has 0 amide bonds. The minimum absolute atomic E-state index is 0.222.